The molecule has 0 saturated carbocycles. The molecule has 1 atom stereocenters. The molecule has 0 spiro atoms. The highest BCUT2D eigenvalue weighted by molar-refractivity contribution is 7.89. The van der Waals surface area contributed by atoms with E-state index in [1.54, 1.807) is 24.3 Å². The number of hydrogen-bond donors (Lipinski definition) is 1. The van der Waals surface area contributed by atoms with Crippen LogP contribution in [0.4, 0.5) is 5.69 Å². The average molecular weight is 403 g/mol. The maximum absolute atomic E-state index is 12.7. The molecule has 3 rings (SSSR count). The van der Waals surface area contributed by atoms with E-state index in [1.165, 1.54) is 9.87 Å². The number of aryl methyl sites for hydroxylation is 2. The molecule has 0 bridgehead atoms. The third-order valence-corrected chi connectivity index (χ3v) is 7.19. The van der Waals surface area contributed by atoms with Crippen LogP contribution in [0.1, 0.15) is 44.0 Å². The summed E-state index contributed by atoms with van der Waals surface area (Å²) in [5.41, 5.74) is 2.76. The Morgan fingerprint density at radius 1 is 1.14 bits per heavy atom. The van der Waals surface area contributed by atoms with Gasteiger partial charge in [-0.2, -0.15) is 8.87 Å². The topological polar surface area (TPSA) is 70.4 Å². The molecule has 1 aromatic carbocycles. The zero-order valence-electron chi connectivity index (χ0n) is 16.7. The highest BCUT2D eigenvalue weighted by Crippen LogP contribution is 2.22. The van der Waals surface area contributed by atoms with Crippen molar-refractivity contribution in [2.75, 3.05) is 18.4 Å². The van der Waals surface area contributed by atoms with Gasteiger partial charge >= 0.3 is 0 Å². The largest absolute Gasteiger partial charge is 0.320 e. The predicted molar refractivity (Wildman–Crippen MR) is 109 cm³/mol. The molecule has 0 unspecified atom stereocenters. The first kappa shape index (κ1) is 20.5. The van der Waals surface area contributed by atoms with E-state index in [0.717, 1.165) is 25.0 Å². The van der Waals surface area contributed by atoms with E-state index in [0.29, 0.717) is 18.8 Å². The van der Waals surface area contributed by atoms with E-state index in [9.17, 15) is 13.2 Å². The van der Waals surface area contributed by atoms with E-state index in [4.69, 9.17) is 0 Å². The lowest BCUT2D eigenvalue weighted by atomic mass is 10.2. The maximum atomic E-state index is 12.7. The molecular weight excluding hydrogens is 374 g/mol. The molecule has 7 heteroatoms. The van der Waals surface area contributed by atoms with Gasteiger partial charge in [-0.15, -0.1) is 0 Å². The second-order valence-electron chi connectivity index (χ2n) is 7.24. The van der Waals surface area contributed by atoms with Gasteiger partial charge in [-0.05, 0) is 49.6 Å². The van der Waals surface area contributed by atoms with Crippen LogP contribution in [0.25, 0.3) is 0 Å². The van der Waals surface area contributed by atoms with Crippen molar-refractivity contribution in [3.05, 3.63) is 53.9 Å². The molecule has 1 aliphatic heterocycles. The summed E-state index contributed by atoms with van der Waals surface area (Å²) in [6, 6.07) is 10.1. The summed E-state index contributed by atoms with van der Waals surface area (Å²) in [7, 11) is -3.44. The van der Waals surface area contributed by atoms with Crippen molar-refractivity contribution in [2.24, 2.45) is 0 Å². The number of aromatic nitrogens is 1. The molecule has 0 aliphatic carbocycles. The van der Waals surface area contributed by atoms with Crippen LogP contribution in [0.2, 0.25) is 0 Å². The fourth-order valence-electron chi connectivity index (χ4n) is 3.42. The van der Waals surface area contributed by atoms with Crippen molar-refractivity contribution in [2.45, 2.75) is 51.0 Å². The minimum absolute atomic E-state index is 0.142. The molecule has 28 heavy (non-hydrogen) atoms. The lowest BCUT2D eigenvalue weighted by Crippen LogP contribution is -2.47. The van der Waals surface area contributed by atoms with Crippen molar-refractivity contribution in [3.63, 3.8) is 0 Å². The third-order valence-electron chi connectivity index (χ3n) is 5.28. The Morgan fingerprint density at radius 3 is 2.39 bits per heavy atom. The molecule has 1 saturated heterocycles. The van der Waals surface area contributed by atoms with Crippen LogP contribution in [-0.4, -0.2) is 31.7 Å². The summed E-state index contributed by atoms with van der Waals surface area (Å²) >= 11 is 0. The van der Waals surface area contributed by atoms with Crippen molar-refractivity contribution < 1.29 is 17.8 Å². The monoisotopic (exact) mass is 402 g/mol. The molecule has 2 aromatic rings. The van der Waals surface area contributed by atoms with Crippen LogP contribution >= 0.6 is 0 Å². The molecule has 1 aromatic heterocycles. The van der Waals surface area contributed by atoms with Crippen molar-refractivity contribution in [3.8, 4) is 0 Å². The fraction of sp³-hybridized carbons (Fsp3) is 0.429. The molecule has 150 valence electrons. The zero-order chi connectivity index (χ0) is 20.3. The zero-order valence-corrected chi connectivity index (χ0v) is 17.5. The number of carbonyl (C=O) groups excluding carboxylic acids is 1. The smallest absolute Gasteiger partial charge is 0.293 e. The van der Waals surface area contributed by atoms with Crippen LogP contribution in [0, 0.1) is 6.92 Å². The number of benzene rings is 1. The average Bonchev–Trinajstić information content (AvgIpc) is 3.24. The van der Waals surface area contributed by atoms with Gasteiger partial charge in [-0.1, -0.05) is 6.92 Å². The lowest BCUT2D eigenvalue weighted by Gasteiger charge is -2.16. The molecule has 1 aliphatic rings. The molecule has 0 radical (unpaired) electrons. The van der Waals surface area contributed by atoms with E-state index in [-0.39, 0.29) is 16.8 Å². The van der Waals surface area contributed by atoms with E-state index in [2.05, 4.69) is 18.3 Å². The van der Waals surface area contributed by atoms with Gasteiger partial charge in [0.05, 0.1) is 4.90 Å². The lowest BCUT2D eigenvalue weighted by molar-refractivity contribution is -0.711. The van der Waals surface area contributed by atoms with Crippen LogP contribution in [0.3, 0.4) is 0 Å². The highest BCUT2D eigenvalue weighted by Gasteiger charge is 2.28. The Balaban J connectivity index is 1.72. The van der Waals surface area contributed by atoms with Crippen molar-refractivity contribution in [1.29, 1.82) is 0 Å². The maximum Gasteiger partial charge on any atom is 0.293 e. The minimum atomic E-state index is -3.44. The van der Waals surface area contributed by atoms with Crippen molar-refractivity contribution >= 4 is 21.6 Å². The Morgan fingerprint density at radius 2 is 1.79 bits per heavy atom. The van der Waals surface area contributed by atoms with Gasteiger partial charge < -0.3 is 5.32 Å². The normalized spacial score (nSPS) is 16.1. The number of pyridine rings is 1. The first-order valence-electron chi connectivity index (χ1n) is 9.74. The molecular formula is C21H28N3O3S+. The standard InChI is InChI=1S/C21H27N3O3S/c1-4-18-8-7-16(2)24(15-18)17(3)21(25)22-19-9-11-20(12-10-19)28(26,27)23-13-5-6-14-23/h7-12,15,17H,4-6,13-14H2,1-3H3/p+1/t17-/m0/s1. The van der Waals surface area contributed by atoms with Crippen LogP contribution in [-0.2, 0) is 21.2 Å². The number of nitrogens with one attached hydrogen (secondary N) is 1. The quantitative estimate of drug-likeness (QED) is 0.756. The first-order valence-corrected chi connectivity index (χ1v) is 11.2. The number of hydrogen-bond acceptors (Lipinski definition) is 3. The Hall–Kier alpha value is -2.25. The van der Waals surface area contributed by atoms with Gasteiger partial charge in [0.25, 0.3) is 5.91 Å². The number of nitrogens with zero attached hydrogens (tertiary/aromatic N) is 2. The van der Waals surface area contributed by atoms with E-state index < -0.39 is 10.0 Å². The van der Waals surface area contributed by atoms with Crippen LogP contribution in [0.5, 0.6) is 0 Å². The van der Waals surface area contributed by atoms with Gasteiger partial charge in [0.15, 0.2) is 11.9 Å². The van der Waals surface area contributed by atoms with Gasteiger partial charge in [0.2, 0.25) is 16.1 Å². The molecule has 1 N–H and O–H groups in total. The van der Waals surface area contributed by atoms with Gasteiger partial charge in [0.1, 0.15) is 0 Å². The van der Waals surface area contributed by atoms with Gasteiger partial charge in [-0.3, -0.25) is 4.79 Å². The predicted octanol–water partition coefficient (Wildman–Crippen LogP) is 2.83. The Kier molecular flexibility index (Phi) is 6.15. The SMILES string of the molecule is CCc1ccc(C)[n+]([C@@H](C)C(=O)Nc2ccc(S(=O)(=O)N3CCCC3)cc2)c1. The summed E-state index contributed by atoms with van der Waals surface area (Å²) in [6.07, 6.45) is 4.72. The molecule has 6 nitrogen and oxygen atoms in total. The number of sulfonamides is 1. The van der Waals surface area contributed by atoms with Crippen molar-refractivity contribution in [1.82, 2.24) is 4.31 Å². The third kappa shape index (κ3) is 4.25. The highest BCUT2D eigenvalue weighted by atomic mass is 32.2. The van der Waals surface area contributed by atoms with Crippen LogP contribution in [0.15, 0.2) is 47.5 Å². The van der Waals surface area contributed by atoms with Gasteiger partial charge in [-0.25, -0.2) is 8.42 Å². The molecule has 1 amide bonds. The Bertz CT molecular complexity index is 949. The summed E-state index contributed by atoms with van der Waals surface area (Å²) in [6.45, 7) is 7.06. The fourth-order valence-corrected chi connectivity index (χ4v) is 4.94. The van der Waals surface area contributed by atoms with E-state index >= 15 is 0 Å². The molecule has 2 heterocycles. The minimum Gasteiger partial charge on any atom is -0.320 e. The summed E-state index contributed by atoms with van der Waals surface area (Å²) in [5, 5.41) is 2.88. The number of rotatable bonds is 6. The summed E-state index contributed by atoms with van der Waals surface area (Å²) in [4.78, 5) is 13.0. The summed E-state index contributed by atoms with van der Waals surface area (Å²) < 4.78 is 28.7. The van der Waals surface area contributed by atoms with Gasteiger partial charge in [0, 0.05) is 44.3 Å². The second kappa shape index (κ2) is 8.41. The molecule has 1 fully saturated rings. The van der Waals surface area contributed by atoms with E-state index in [1.807, 2.05) is 30.7 Å². The number of carbonyl (C=O) groups is 1. The van der Waals surface area contributed by atoms with Crippen LogP contribution < -0.4 is 9.88 Å². The number of amides is 1. The second-order valence-corrected chi connectivity index (χ2v) is 9.18. The Labute approximate surface area is 167 Å². The summed E-state index contributed by atoms with van der Waals surface area (Å²) in [5.74, 6) is -0.142. The number of anilines is 1. The first-order chi connectivity index (χ1) is 13.3.